The summed E-state index contributed by atoms with van der Waals surface area (Å²) >= 11 is 0. The molecule has 0 aliphatic heterocycles. The Morgan fingerprint density at radius 1 is 1.20 bits per heavy atom. The van der Waals surface area contributed by atoms with E-state index in [-0.39, 0.29) is 24.1 Å². The molecule has 1 amide bonds. The van der Waals surface area contributed by atoms with E-state index in [1.165, 1.54) is 10.6 Å². The fourth-order valence-corrected chi connectivity index (χ4v) is 2.04. The van der Waals surface area contributed by atoms with E-state index >= 15 is 0 Å². The van der Waals surface area contributed by atoms with Crippen molar-refractivity contribution in [3.8, 4) is 0 Å². The molecule has 1 unspecified atom stereocenters. The first-order valence-corrected chi connectivity index (χ1v) is 6.57. The highest BCUT2D eigenvalue weighted by Gasteiger charge is 2.10. The van der Waals surface area contributed by atoms with Gasteiger partial charge in [0.05, 0.1) is 6.04 Å². The zero-order chi connectivity index (χ0) is 14.5. The number of carbonyl (C=O) groups is 1. The number of aryl methyl sites for hydroxylation is 1. The monoisotopic (exact) mass is 270 g/mol. The molecule has 4 heteroatoms. The van der Waals surface area contributed by atoms with Gasteiger partial charge in [-0.15, -0.1) is 0 Å². The van der Waals surface area contributed by atoms with Crippen molar-refractivity contribution >= 4 is 5.91 Å². The van der Waals surface area contributed by atoms with E-state index in [1.807, 2.05) is 44.2 Å². The lowest BCUT2D eigenvalue weighted by Gasteiger charge is -2.15. The molecule has 0 saturated carbocycles. The smallest absolute Gasteiger partial charge is 0.251 e. The molecule has 0 aliphatic rings. The zero-order valence-electron chi connectivity index (χ0n) is 11.7. The minimum absolute atomic E-state index is 0.0394. The second-order valence-corrected chi connectivity index (χ2v) is 4.87. The molecule has 0 saturated heterocycles. The summed E-state index contributed by atoms with van der Waals surface area (Å²) in [6.45, 7) is 3.85. The van der Waals surface area contributed by atoms with Crippen LogP contribution < -0.4 is 10.9 Å². The SMILES string of the molecule is Cc1ccc(=O)n(CC(=O)NC(C)c2ccccc2)c1. The summed E-state index contributed by atoms with van der Waals surface area (Å²) in [6.07, 6.45) is 1.69. The molecule has 2 aromatic rings. The maximum absolute atomic E-state index is 12.0. The summed E-state index contributed by atoms with van der Waals surface area (Å²) in [5, 5.41) is 2.89. The summed E-state index contributed by atoms with van der Waals surface area (Å²) in [7, 11) is 0. The Hall–Kier alpha value is -2.36. The highest BCUT2D eigenvalue weighted by Crippen LogP contribution is 2.10. The molecule has 1 aromatic heterocycles. The third-order valence-corrected chi connectivity index (χ3v) is 3.12. The van der Waals surface area contributed by atoms with Gasteiger partial charge in [0.2, 0.25) is 5.91 Å². The molecule has 1 heterocycles. The van der Waals surface area contributed by atoms with Crippen LogP contribution in [0.1, 0.15) is 24.1 Å². The summed E-state index contributed by atoms with van der Waals surface area (Å²) < 4.78 is 1.42. The van der Waals surface area contributed by atoms with Crippen LogP contribution in [0.5, 0.6) is 0 Å². The van der Waals surface area contributed by atoms with Gasteiger partial charge in [-0.1, -0.05) is 36.4 Å². The van der Waals surface area contributed by atoms with E-state index in [2.05, 4.69) is 5.32 Å². The Kier molecular flexibility index (Phi) is 4.35. The van der Waals surface area contributed by atoms with Crippen LogP contribution in [-0.4, -0.2) is 10.5 Å². The summed E-state index contributed by atoms with van der Waals surface area (Å²) in [4.78, 5) is 23.6. The van der Waals surface area contributed by atoms with Gasteiger partial charge in [0, 0.05) is 12.3 Å². The molecule has 1 N–H and O–H groups in total. The first kappa shape index (κ1) is 14.1. The molecule has 4 nitrogen and oxygen atoms in total. The second-order valence-electron chi connectivity index (χ2n) is 4.87. The van der Waals surface area contributed by atoms with Crippen molar-refractivity contribution in [2.45, 2.75) is 26.4 Å². The van der Waals surface area contributed by atoms with E-state index in [1.54, 1.807) is 12.3 Å². The van der Waals surface area contributed by atoms with Gasteiger partial charge in [-0.2, -0.15) is 0 Å². The summed E-state index contributed by atoms with van der Waals surface area (Å²) in [5.74, 6) is -0.172. The molecule has 0 spiro atoms. The van der Waals surface area contributed by atoms with Gasteiger partial charge in [-0.05, 0) is 25.0 Å². The van der Waals surface area contributed by atoms with Crippen molar-refractivity contribution in [3.05, 3.63) is 70.1 Å². The van der Waals surface area contributed by atoms with Crippen LogP contribution in [0.2, 0.25) is 0 Å². The van der Waals surface area contributed by atoms with Crippen LogP contribution in [0.25, 0.3) is 0 Å². The molecule has 0 radical (unpaired) electrons. The number of carbonyl (C=O) groups excluding carboxylic acids is 1. The van der Waals surface area contributed by atoms with E-state index in [9.17, 15) is 9.59 Å². The molecule has 1 atom stereocenters. The first-order chi connectivity index (χ1) is 9.56. The van der Waals surface area contributed by atoms with E-state index < -0.39 is 0 Å². The number of hydrogen-bond donors (Lipinski definition) is 1. The highest BCUT2D eigenvalue weighted by atomic mass is 16.2. The molecule has 0 fully saturated rings. The van der Waals surface area contributed by atoms with Gasteiger partial charge >= 0.3 is 0 Å². The summed E-state index contributed by atoms with van der Waals surface area (Å²) in [5.41, 5.74) is 1.82. The normalized spacial score (nSPS) is 11.9. The first-order valence-electron chi connectivity index (χ1n) is 6.57. The number of aromatic nitrogens is 1. The van der Waals surface area contributed by atoms with Gasteiger partial charge in [0.1, 0.15) is 6.54 Å². The number of pyridine rings is 1. The lowest BCUT2D eigenvalue weighted by atomic mass is 10.1. The Morgan fingerprint density at radius 3 is 2.60 bits per heavy atom. The predicted octanol–water partition coefficient (Wildman–Crippen LogP) is 2.03. The number of hydrogen-bond acceptors (Lipinski definition) is 2. The lowest BCUT2D eigenvalue weighted by molar-refractivity contribution is -0.122. The molecule has 20 heavy (non-hydrogen) atoms. The Morgan fingerprint density at radius 2 is 1.90 bits per heavy atom. The highest BCUT2D eigenvalue weighted by molar-refractivity contribution is 5.76. The quantitative estimate of drug-likeness (QED) is 0.924. The third-order valence-electron chi connectivity index (χ3n) is 3.12. The maximum atomic E-state index is 12.0. The minimum atomic E-state index is -0.172. The fraction of sp³-hybridized carbons (Fsp3) is 0.250. The van der Waals surface area contributed by atoms with Gasteiger partial charge < -0.3 is 9.88 Å². The van der Waals surface area contributed by atoms with Gasteiger partial charge in [0.15, 0.2) is 0 Å². The Balaban J connectivity index is 2.02. The third kappa shape index (κ3) is 3.57. The molecule has 104 valence electrons. The molecular weight excluding hydrogens is 252 g/mol. The number of nitrogens with one attached hydrogen (secondary N) is 1. The van der Waals surface area contributed by atoms with Crippen LogP contribution >= 0.6 is 0 Å². The Bertz CT molecular complexity index is 647. The van der Waals surface area contributed by atoms with E-state index in [4.69, 9.17) is 0 Å². The van der Waals surface area contributed by atoms with Gasteiger partial charge in [-0.3, -0.25) is 9.59 Å². The predicted molar refractivity (Wildman–Crippen MR) is 78.4 cm³/mol. The fourth-order valence-electron chi connectivity index (χ4n) is 2.04. The number of nitrogens with zero attached hydrogens (tertiary/aromatic N) is 1. The number of rotatable bonds is 4. The van der Waals surface area contributed by atoms with E-state index in [0.717, 1.165) is 11.1 Å². The molecular formula is C16H18N2O2. The van der Waals surface area contributed by atoms with Gasteiger partial charge in [0.25, 0.3) is 5.56 Å². The van der Waals surface area contributed by atoms with Crippen molar-refractivity contribution < 1.29 is 4.79 Å². The number of benzene rings is 1. The van der Waals surface area contributed by atoms with Crippen molar-refractivity contribution in [1.29, 1.82) is 0 Å². The van der Waals surface area contributed by atoms with Crippen LogP contribution in [0.3, 0.4) is 0 Å². The standard InChI is InChI=1S/C16H18N2O2/c1-12-8-9-16(20)18(10-12)11-15(19)17-13(2)14-6-4-3-5-7-14/h3-10,13H,11H2,1-2H3,(H,17,19). The average molecular weight is 270 g/mol. The van der Waals surface area contributed by atoms with Crippen LogP contribution in [0.4, 0.5) is 0 Å². The van der Waals surface area contributed by atoms with Crippen molar-refractivity contribution in [2.75, 3.05) is 0 Å². The van der Waals surface area contributed by atoms with Crippen molar-refractivity contribution in [2.24, 2.45) is 0 Å². The number of amides is 1. The largest absolute Gasteiger partial charge is 0.348 e. The van der Waals surface area contributed by atoms with Gasteiger partial charge in [-0.25, -0.2) is 0 Å². The van der Waals surface area contributed by atoms with Crippen LogP contribution in [-0.2, 0) is 11.3 Å². The van der Waals surface area contributed by atoms with E-state index in [0.29, 0.717) is 0 Å². The minimum Gasteiger partial charge on any atom is -0.348 e. The molecule has 0 aliphatic carbocycles. The molecule has 1 aromatic carbocycles. The second kappa shape index (κ2) is 6.19. The molecule has 2 rings (SSSR count). The van der Waals surface area contributed by atoms with Crippen LogP contribution in [0.15, 0.2) is 53.5 Å². The average Bonchev–Trinajstić information content (AvgIpc) is 2.43. The summed E-state index contributed by atoms with van der Waals surface area (Å²) in [6, 6.07) is 12.9. The zero-order valence-corrected chi connectivity index (χ0v) is 11.7. The maximum Gasteiger partial charge on any atom is 0.251 e. The Labute approximate surface area is 118 Å². The topological polar surface area (TPSA) is 51.1 Å². The van der Waals surface area contributed by atoms with Crippen LogP contribution in [0, 0.1) is 6.92 Å². The van der Waals surface area contributed by atoms with Crippen molar-refractivity contribution in [1.82, 2.24) is 9.88 Å². The lowest BCUT2D eigenvalue weighted by Crippen LogP contribution is -2.33. The van der Waals surface area contributed by atoms with Crippen molar-refractivity contribution in [3.63, 3.8) is 0 Å². The molecule has 0 bridgehead atoms.